The molecular formula is C35H28ClFN2O. The summed E-state index contributed by atoms with van der Waals surface area (Å²) >= 11 is 6.71. The van der Waals surface area contributed by atoms with Gasteiger partial charge in [0, 0.05) is 23.1 Å². The topological polar surface area (TPSA) is 46.3 Å². The van der Waals surface area contributed by atoms with Gasteiger partial charge in [-0.1, -0.05) is 66.2 Å². The molecule has 0 amide bonds. The molecule has 1 unspecified atom stereocenters. The van der Waals surface area contributed by atoms with Crippen molar-refractivity contribution in [2.75, 3.05) is 10.6 Å². The number of anilines is 2. The molecule has 0 saturated heterocycles. The van der Waals surface area contributed by atoms with Crippen molar-refractivity contribution in [2.24, 2.45) is 0 Å². The number of allylic oxidation sites excluding steroid dienone is 2. The van der Waals surface area contributed by atoms with E-state index < -0.39 is 5.54 Å². The Morgan fingerprint density at radius 2 is 1.70 bits per heavy atom. The van der Waals surface area contributed by atoms with Crippen LogP contribution in [0.1, 0.15) is 51.0 Å². The zero-order valence-electron chi connectivity index (χ0n) is 22.0. The first-order chi connectivity index (χ1) is 19.5. The fourth-order valence-corrected chi connectivity index (χ4v) is 7.24. The summed E-state index contributed by atoms with van der Waals surface area (Å²) in [6.07, 6.45) is 11.8. The van der Waals surface area contributed by atoms with E-state index in [2.05, 4.69) is 35.2 Å². The number of fused-ring (bicyclic) bond motifs is 6. The third-order valence-electron chi connectivity index (χ3n) is 8.72. The molecule has 1 aliphatic heterocycles. The zero-order chi connectivity index (χ0) is 27.4. The molecule has 3 nitrogen and oxygen atoms in total. The largest absolute Gasteiger partial charge is 0.399 e. The number of ketones is 1. The highest BCUT2D eigenvalue weighted by atomic mass is 35.5. The summed E-state index contributed by atoms with van der Waals surface area (Å²) in [6, 6.07) is 22.8. The van der Waals surface area contributed by atoms with E-state index in [-0.39, 0.29) is 11.6 Å². The number of para-hydroxylation sites is 1. The molecule has 40 heavy (non-hydrogen) atoms. The first-order valence-corrected chi connectivity index (χ1v) is 14.1. The number of Topliss-reactive ketones (excluding diaryl/α,β-unsaturated/α-hetero) is 1. The Morgan fingerprint density at radius 1 is 0.875 bits per heavy atom. The average Bonchev–Trinajstić information content (AvgIpc) is 3.19. The summed E-state index contributed by atoms with van der Waals surface area (Å²) in [4.78, 5) is 17.1. The molecule has 0 fully saturated rings. The van der Waals surface area contributed by atoms with E-state index in [0.717, 1.165) is 52.8 Å². The Labute approximate surface area is 238 Å². The van der Waals surface area contributed by atoms with Crippen molar-refractivity contribution >= 4 is 34.8 Å². The predicted molar refractivity (Wildman–Crippen MR) is 161 cm³/mol. The smallest absolute Gasteiger partial charge is 0.194 e. The lowest BCUT2D eigenvalue weighted by atomic mass is 9.67. The van der Waals surface area contributed by atoms with Gasteiger partial charge in [0.2, 0.25) is 0 Å². The second-order valence-electron chi connectivity index (χ2n) is 10.8. The van der Waals surface area contributed by atoms with Gasteiger partial charge >= 0.3 is 0 Å². The van der Waals surface area contributed by atoms with Crippen LogP contribution in [-0.4, -0.2) is 5.78 Å². The summed E-state index contributed by atoms with van der Waals surface area (Å²) in [7, 11) is 0. The van der Waals surface area contributed by atoms with Crippen molar-refractivity contribution in [1.82, 2.24) is 0 Å². The van der Waals surface area contributed by atoms with Gasteiger partial charge in [0.1, 0.15) is 11.4 Å². The molecule has 0 bridgehead atoms. The standard InChI is InChI=1S/C35H28ClFN2O/c36-31-21-23(38)13-14-29(31)34(40)35(39-20-4-3-8-22-7-1-2-12-33(22)39)19-6-10-27-26-15-16-28-24(9-5-11-32(28)37)25(26)17-18-30(27)35/h1-5,7-9,11-14,17-18,20-21H,6,10,15-16,19,38H2. The molecule has 4 aromatic carbocycles. The monoisotopic (exact) mass is 546 g/mol. The maximum atomic E-state index is 15.0. The summed E-state index contributed by atoms with van der Waals surface area (Å²) in [5, 5.41) is 0.351. The Morgan fingerprint density at radius 3 is 2.58 bits per heavy atom. The van der Waals surface area contributed by atoms with Crippen LogP contribution in [0.5, 0.6) is 0 Å². The van der Waals surface area contributed by atoms with Crippen molar-refractivity contribution < 1.29 is 9.18 Å². The minimum absolute atomic E-state index is 0.0537. The highest BCUT2D eigenvalue weighted by Gasteiger charge is 2.50. The summed E-state index contributed by atoms with van der Waals surface area (Å²) in [5.41, 5.74) is 14.2. The molecule has 5 heteroatoms. The lowest BCUT2D eigenvalue weighted by Crippen LogP contribution is -2.52. The van der Waals surface area contributed by atoms with Crippen LogP contribution in [0.4, 0.5) is 15.8 Å². The first-order valence-electron chi connectivity index (χ1n) is 13.7. The number of benzene rings is 4. The first kappa shape index (κ1) is 24.9. The molecule has 0 radical (unpaired) electrons. The number of hydrogen-bond donors (Lipinski definition) is 1. The summed E-state index contributed by atoms with van der Waals surface area (Å²) in [5.74, 6) is -0.204. The number of nitrogen functional groups attached to an aromatic ring is 1. The van der Waals surface area contributed by atoms with Crippen molar-refractivity contribution in [3.8, 4) is 11.1 Å². The third kappa shape index (κ3) is 3.66. The predicted octanol–water partition coefficient (Wildman–Crippen LogP) is 8.29. The van der Waals surface area contributed by atoms with Crippen LogP contribution < -0.4 is 10.6 Å². The van der Waals surface area contributed by atoms with Gasteiger partial charge in [-0.3, -0.25) is 4.79 Å². The second kappa shape index (κ2) is 9.50. The molecule has 1 atom stereocenters. The normalized spacial score (nSPS) is 18.8. The molecule has 198 valence electrons. The number of rotatable bonds is 3. The molecule has 3 aliphatic rings. The number of nitrogens with two attached hydrogens (primary N) is 1. The number of halogens is 2. The molecule has 2 aliphatic carbocycles. The lowest BCUT2D eigenvalue weighted by molar-refractivity contribution is 0.0867. The minimum atomic E-state index is -1.02. The second-order valence-corrected chi connectivity index (χ2v) is 11.2. The van der Waals surface area contributed by atoms with E-state index >= 15 is 0 Å². The number of nitrogens with zero attached hydrogens (tertiary/aromatic N) is 1. The van der Waals surface area contributed by atoms with Gasteiger partial charge in [0.25, 0.3) is 0 Å². The van der Waals surface area contributed by atoms with Crippen LogP contribution in [0, 0.1) is 5.82 Å². The van der Waals surface area contributed by atoms with Crippen LogP contribution in [0.2, 0.25) is 5.02 Å². The van der Waals surface area contributed by atoms with E-state index in [1.54, 1.807) is 30.3 Å². The average molecular weight is 547 g/mol. The van der Waals surface area contributed by atoms with E-state index in [1.165, 1.54) is 11.1 Å². The molecule has 4 aromatic rings. The quantitative estimate of drug-likeness (QED) is 0.208. The van der Waals surface area contributed by atoms with Crippen molar-refractivity contribution in [1.29, 1.82) is 0 Å². The molecule has 0 saturated carbocycles. The fourth-order valence-electron chi connectivity index (χ4n) is 6.96. The van der Waals surface area contributed by atoms with Crippen LogP contribution >= 0.6 is 11.6 Å². The molecule has 0 spiro atoms. The Hall–Kier alpha value is -4.15. The summed E-state index contributed by atoms with van der Waals surface area (Å²) in [6.45, 7) is 0. The van der Waals surface area contributed by atoms with E-state index in [0.29, 0.717) is 29.1 Å². The van der Waals surface area contributed by atoms with Gasteiger partial charge < -0.3 is 10.6 Å². The zero-order valence-corrected chi connectivity index (χ0v) is 22.7. The van der Waals surface area contributed by atoms with Gasteiger partial charge in [-0.15, -0.1) is 0 Å². The van der Waals surface area contributed by atoms with E-state index in [1.807, 2.05) is 36.6 Å². The van der Waals surface area contributed by atoms with Gasteiger partial charge in [-0.2, -0.15) is 0 Å². The minimum Gasteiger partial charge on any atom is -0.399 e. The van der Waals surface area contributed by atoms with Crippen molar-refractivity contribution in [2.45, 2.75) is 37.6 Å². The maximum Gasteiger partial charge on any atom is 0.194 e. The molecule has 7 rings (SSSR count). The third-order valence-corrected chi connectivity index (χ3v) is 9.03. The number of hydrogen-bond acceptors (Lipinski definition) is 3. The van der Waals surface area contributed by atoms with Gasteiger partial charge in [0.15, 0.2) is 5.78 Å². The van der Waals surface area contributed by atoms with Crippen LogP contribution in [0.3, 0.4) is 0 Å². The Bertz CT molecular complexity index is 1760. The highest BCUT2D eigenvalue weighted by molar-refractivity contribution is 6.34. The summed E-state index contributed by atoms with van der Waals surface area (Å²) < 4.78 is 14.7. The number of carbonyl (C=O) groups excluding carboxylic acids is 1. The van der Waals surface area contributed by atoms with E-state index in [4.69, 9.17) is 17.3 Å². The van der Waals surface area contributed by atoms with E-state index in [9.17, 15) is 9.18 Å². The van der Waals surface area contributed by atoms with Gasteiger partial charge in [-0.05, 0) is 107 Å². The van der Waals surface area contributed by atoms with Crippen LogP contribution in [-0.2, 0) is 24.8 Å². The van der Waals surface area contributed by atoms with Crippen molar-refractivity contribution in [3.63, 3.8) is 0 Å². The molecule has 2 N–H and O–H groups in total. The van der Waals surface area contributed by atoms with Gasteiger partial charge in [-0.25, -0.2) is 4.39 Å². The van der Waals surface area contributed by atoms with Crippen molar-refractivity contribution in [3.05, 3.63) is 135 Å². The molecule has 1 heterocycles. The molecule has 0 aromatic heterocycles. The van der Waals surface area contributed by atoms with Crippen LogP contribution in [0.15, 0.2) is 91.1 Å². The maximum absolute atomic E-state index is 15.0. The SMILES string of the molecule is Nc1ccc(C(=O)C2(N3C=CC=Cc4ccccc43)CCCc3c2ccc2c3CCc3c(F)cccc3-2)c(Cl)c1. The Kier molecular flexibility index (Phi) is 5.90. The van der Waals surface area contributed by atoms with Crippen LogP contribution in [0.25, 0.3) is 17.2 Å². The number of carbonyl (C=O) groups is 1. The highest BCUT2D eigenvalue weighted by Crippen LogP contribution is 2.50. The fraction of sp³-hybridized carbons (Fsp3) is 0.171. The van der Waals surface area contributed by atoms with Gasteiger partial charge in [0.05, 0.1) is 5.02 Å². The Balaban J connectivity index is 1.51. The lowest BCUT2D eigenvalue weighted by Gasteiger charge is -2.47. The molecular weight excluding hydrogens is 519 g/mol.